The highest BCUT2D eigenvalue weighted by atomic mass is 16.5. The molecule has 1 N–H and O–H groups in total. The van der Waals surface area contributed by atoms with Crippen LogP contribution in [0.5, 0.6) is 17.2 Å². The van der Waals surface area contributed by atoms with E-state index in [0.717, 1.165) is 29.9 Å². The number of amides is 2. The first-order valence-corrected chi connectivity index (χ1v) is 10.4. The van der Waals surface area contributed by atoms with E-state index in [2.05, 4.69) is 5.32 Å². The lowest BCUT2D eigenvalue weighted by atomic mass is 9.81. The van der Waals surface area contributed by atoms with E-state index in [1.165, 1.54) is 0 Å². The van der Waals surface area contributed by atoms with Crippen molar-refractivity contribution in [3.63, 3.8) is 0 Å². The lowest BCUT2D eigenvalue weighted by molar-refractivity contribution is -0.142. The van der Waals surface area contributed by atoms with Crippen molar-refractivity contribution in [3.8, 4) is 17.2 Å². The minimum atomic E-state index is -0.632. The number of piperidine rings is 1. The molecule has 1 aliphatic heterocycles. The molecule has 3 rings (SSSR count). The molecule has 0 aliphatic carbocycles. The number of nitrogens with zero attached hydrogens (tertiary/aromatic N) is 1. The molecule has 0 aromatic heterocycles. The molecule has 0 spiro atoms. The van der Waals surface area contributed by atoms with Crippen molar-refractivity contribution in [2.75, 3.05) is 33.9 Å². The van der Waals surface area contributed by atoms with Crippen LogP contribution in [0.15, 0.2) is 48.5 Å². The zero-order valence-electron chi connectivity index (χ0n) is 18.3. The molecule has 1 saturated heterocycles. The molecule has 1 unspecified atom stereocenters. The third-order valence-electron chi connectivity index (χ3n) is 5.61. The van der Waals surface area contributed by atoms with Gasteiger partial charge in [-0.25, -0.2) is 0 Å². The van der Waals surface area contributed by atoms with Gasteiger partial charge in [0.05, 0.1) is 19.6 Å². The van der Waals surface area contributed by atoms with Gasteiger partial charge >= 0.3 is 0 Å². The molecule has 1 heterocycles. The maximum absolute atomic E-state index is 12.9. The summed E-state index contributed by atoms with van der Waals surface area (Å²) in [7, 11) is 3.21. The zero-order valence-corrected chi connectivity index (χ0v) is 18.3. The van der Waals surface area contributed by atoms with E-state index in [4.69, 9.17) is 14.2 Å². The van der Waals surface area contributed by atoms with E-state index in [1.54, 1.807) is 43.4 Å². The van der Waals surface area contributed by atoms with E-state index in [1.807, 2.05) is 31.2 Å². The summed E-state index contributed by atoms with van der Waals surface area (Å²) < 4.78 is 16.0. The number of rotatable bonds is 8. The summed E-state index contributed by atoms with van der Waals surface area (Å²) >= 11 is 0. The van der Waals surface area contributed by atoms with E-state index < -0.39 is 5.41 Å². The number of carbonyl (C=O) groups is 2. The Morgan fingerprint density at radius 1 is 1.03 bits per heavy atom. The van der Waals surface area contributed by atoms with E-state index in [0.29, 0.717) is 25.4 Å². The molecular weight excluding hydrogens is 396 g/mol. The molecule has 31 heavy (non-hydrogen) atoms. The molecule has 166 valence electrons. The molecule has 1 atom stereocenters. The highest BCUT2D eigenvalue weighted by Crippen LogP contribution is 2.30. The van der Waals surface area contributed by atoms with Gasteiger partial charge in [0.25, 0.3) is 5.91 Å². The zero-order chi connectivity index (χ0) is 22.3. The molecule has 7 heteroatoms. The van der Waals surface area contributed by atoms with Crippen LogP contribution < -0.4 is 19.5 Å². The molecule has 2 amide bonds. The van der Waals surface area contributed by atoms with Crippen molar-refractivity contribution in [2.45, 2.75) is 26.3 Å². The van der Waals surface area contributed by atoms with Crippen LogP contribution in [0.1, 0.15) is 25.3 Å². The fourth-order valence-electron chi connectivity index (χ4n) is 3.72. The first kappa shape index (κ1) is 22.5. The van der Waals surface area contributed by atoms with Gasteiger partial charge in [0.15, 0.2) is 6.61 Å². The minimum absolute atomic E-state index is 0.0520. The van der Waals surface area contributed by atoms with Gasteiger partial charge in [0.2, 0.25) is 5.91 Å². The van der Waals surface area contributed by atoms with Crippen LogP contribution in [0.4, 0.5) is 0 Å². The lowest BCUT2D eigenvalue weighted by Gasteiger charge is -2.39. The summed E-state index contributed by atoms with van der Waals surface area (Å²) in [5.41, 5.74) is 0.334. The van der Waals surface area contributed by atoms with Crippen LogP contribution in [0.3, 0.4) is 0 Å². The first-order valence-electron chi connectivity index (χ1n) is 10.4. The smallest absolute Gasteiger partial charge is 0.260 e. The van der Waals surface area contributed by atoms with Crippen LogP contribution in [-0.4, -0.2) is 50.6 Å². The number of hydrogen-bond acceptors (Lipinski definition) is 5. The fourth-order valence-corrected chi connectivity index (χ4v) is 3.72. The van der Waals surface area contributed by atoms with Crippen molar-refractivity contribution < 1.29 is 23.8 Å². The number of hydrogen-bond donors (Lipinski definition) is 1. The van der Waals surface area contributed by atoms with Crippen molar-refractivity contribution in [1.82, 2.24) is 10.2 Å². The van der Waals surface area contributed by atoms with Crippen LogP contribution in [0.2, 0.25) is 0 Å². The molecule has 2 aromatic carbocycles. The first-order chi connectivity index (χ1) is 14.9. The number of nitrogens with one attached hydrogen (secondary N) is 1. The molecule has 7 nitrogen and oxygen atoms in total. The number of likely N-dealkylation sites (tertiary alicyclic amines) is 1. The summed E-state index contributed by atoms with van der Waals surface area (Å²) in [6, 6.07) is 14.7. The highest BCUT2D eigenvalue weighted by Gasteiger charge is 2.39. The average molecular weight is 427 g/mol. The Hall–Kier alpha value is -3.22. The molecule has 1 fully saturated rings. The van der Waals surface area contributed by atoms with Gasteiger partial charge in [0, 0.05) is 19.6 Å². The molecule has 0 radical (unpaired) electrons. The maximum atomic E-state index is 12.9. The number of ether oxygens (including phenoxy) is 3. The second-order valence-electron chi connectivity index (χ2n) is 7.98. The Kier molecular flexibility index (Phi) is 7.39. The topological polar surface area (TPSA) is 77.1 Å². The second-order valence-corrected chi connectivity index (χ2v) is 7.98. The average Bonchev–Trinajstić information content (AvgIpc) is 2.81. The van der Waals surface area contributed by atoms with Crippen molar-refractivity contribution in [3.05, 3.63) is 54.1 Å². The number of carbonyl (C=O) groups excluding carboxylic acids is 2. The van der Waals surface area contributed by atoms with Gasteiger partial charge in [-0.05, 0) is 61.7 Å². The molecule has 1 aliphatic rings. The highest BCUT2D eigenvalue weighted by molar-refractivity contribution is 5.84. The Bertz CT molecular complexity index is 899. The lowest BCUT2D eigenvalue weighted by Crippen LogP contribution is -2.52. The van der Waals surface area contributed by atoms with Crippen molar-refractivity contribution >= 4 is 11.8 Å². The molecule has 0 saturated carbocycles. The Balaban J connectivity index is 1.53. The normalized spacial score (nSPS) is 18.2. The summed E-state index contributed by atoms with van der Waals surface area (Å²) in [6.07, 6.45) is 1.51. The monoisotopic (exact) mass is 426 g/mol. The van der Waals surface area contributed by atoms with E-state index in [-0.39, 0.29) is 18.4 Å². The predicted octanol–water partition coefficient (Wildman–Crippen LogP) is 3.03. The number of methoxy groups -OCH3 is 2. The quantitative estimate of drug-likeness (QED) is 0.702. The third kappa shape index (κ3) is 5.90. The van der Waals surface area contributed by atoms with Gasteiger partial charge < -0.3 is 24.4 Å². The van der Waals surface area contributed by atoms with Crippen LogP contribution in [0.25, 0.3) is 0 Å². The third-order valence-corrected chi connectivity index (χ3v) is 5.61. The summed E-state index contributed by atoms with van der Waals surface area (Å²) in [6.45, 7) is 3.27. The molecule has 2 aromatic rings. The summed E-state index contributed by atoms with van der Waals surface area (Å²) in [5, 5.41) is 3.01. The van der Waals surface area contributed by atoms with Gasteiger partial charge in [-0.2, -0.15) is 0 Å². The van der Waals surface area contributed by atoms with Crippen molar-refractivity contribution in [1.29, 1.82) is 0 Å². The maximum Gasteiger partial charge on any atom is 0.260 e. The SMILES string of the molecule is COc1ccc(OCC(=O)N2CCCC(C)(C(=O)NCc3cccc(OC)c3)C2)cc1. The summed E-state index contributed by atoms with van der Waals surface area (Å²) in [5.74, 6) is 1.91. The van der Waals surface area contributed by atoms with E-state index in [9.17, 15) is 9.59 Å². The standard InChI is InChI=1S/C24H30N2O5/c1-24(23(28)25-15-18-6-4-7-21(14-18)30-3)12-5-13-26(17-24)22(27)16-31-20-10-8-19(29-2)9-11-20/h4,6-11,14H,5,12-13,15-17H2,1-3H3,(H,25,28). The number of benzene rings is 2. The molecule has 0 bridgehead atoms. The van der Waals surface area contributed by atoms with Gasteiger partial charge in [-0.15, -0.1) is 0 Å². The largest absolute Gasteiger partial charge is 0.497 e. The minimum Gasteiger partial charge on any atom is -0.497 e. The fraction of sp³-hybridized carbons (Fsp3) is 0.417. The van der Waals surface area contributed by atoms with E-state index >= 15 is 0 Å². The molecular formula is C24H30N2O5. The van der Waals surface area contributed by atoms with Gasteiger partial charge in [-0.1, -0.05) is 12.1 Å². The van der Waals surface area contributed by atoms with Crippen molar-refractivity contribution in [2.24, 2.45) is 5.41 Å². The van der Waals surface area contributed by atoms with Crippen LogP contribution >= 0.6 is 0 Å². The summed E-state index contributed by atoms with van der Waals surface area (Å²) in [4.78, 5) is 27.3. The van der Waals surface area contributed by atoms with Gasteiger partial charge in [-0.3, -0.25) is 9.59 Å². The second kappa shape index (κ2) is 10.2. The van der Waals surface area contributed by atoms with Crippen LogP contribution in [0, 0.1) is 5.41 Å². The Labute approximate surface area is 183 Å². The Morgan fingerprint density at radius 2 is 1.74 bits per heavy atom. The predicted molar refractivity (Wildman–Crippen MR) is 117 cm³/mol. The Morgan fingerprint density at radius 3 is 2.45 bits per heavy atom. The van der Waals surface area contributed by atoms with Crippen LogP contribution in [-0.2, 0) is 16.1 Å². The van der Waals surface area contributed by atoms with Gasteiger partial charge in [0.1, 0.15) is 17.2 Å².